The number of hydrogen-bond donors (Lipinski definition) is 1. The summed E-state index contributed by atoms with van der Waals surface area (Å²) in [6.45, 7) is 0.106. The third-order valence-electron chi connectivity index (χ3n) is 3.55. The highest BCUT2D eigenvalue weighted by molar-refractivity contribution is 5.94. The van der Waals surface area contributed by atoms with Crippen molar-refractivity contribution in [2.75, 3.05) is 7.11 Å². The zero-order chi connectivity index (χ0) is 16.6. The predicted octanol–water partition coefficient (Wildman–Crippen LogP) is 1.78. The van der Waals surface area contributed by atoms with E-state index in [-0.39, 0.29) is 12.4 Å². The van der Waals surface area contributed by atoms with Gasteiger partial charge in [-0.15, -0.1) is 0 Å². The van der Waals surface area contributed by atoms with E-state index in [1.165, 1.54) is 21.3 Å². The number of ether oxygens (including phenoxy) is 1. The standard InChI is InChI=1S/C16H13FN2O4/c1-23-16(22)13-14(20)12-3-2-8-18(12)19(15(13)21)9-10-4-6-11(17)7-5-10/h2-8,20H,9H2,1H3. The van der Waals surface area contributed by atoms with Crippen LogP contribution >= 0.6 is 0 Å². The maximum atomic E-state index is 13.0. The Morgan fingerprint density at radius 1 is 1.26 bits per heavy atom. The second kappa shape index (κ2) is 5.60. The number of rotatable bonds is 3. The highest BCUT2D eigenvalue weighted by atomic mass is 19.1. The van der Waals surface area contributed by atoms with E-state index in [1.807, 2.05) is 0 Å². The molecule has 2 aromatic heterocycles. The van der Waals surface area contributed by atoms with Crippen molar-refractivity contribution in [1.82, 2.24) is 9.20 Å². The molecule has 0 aliphatic rings. The van der Waals surface area contributed by atoms with Gasteiger partial charge in [0.25, 0.3) is 5.56 Å². The fourth-order valence-corrected chi connectivity index (χ4v) is 2.42. The summed E-state index contributed by atoms with van der Waals surface area (Å²) in [6.07, 6.45) is 1.58. The molecule has 3 rings (SSSR count). The van der Waals surface area contributed by atoms with Crippen LogP contribution in [0.5, 0.6) is 5.75 Å². The fourth-order valence-electron chi connectivity index (χ4n) is 2.42. The molecule has 0 fully saturated rings. The smallest absolute Gasteiger partial charge is 0.347 e. The predicted molar refractivity (Wildman–Crippen MR) is 80.2 cm³/mol. The molecular weight excluding hydrogens is 303 g/mol. The number of carbonyl (C=O) groups is 1. The molecule has 23 heavy (non-hydrogen) atoms. The van der Waals surface area contributed by atoms with Crippen LogP contribution in [-0.4, -0.2) is 27.4 Å². The SMILES string of the molecule is COC(=O)c1c(O)c2cccn2n(Cc2ccc(F)cc2)c1=O. The highest BCUT2D eigenvalue weighted by Crippen LogP contribution is 2.22. The molecule has 1 N–H and O–H groups in total. The molecule has 118 valence electrons. The molecule has 0 saturated heterocycles. The summed E-state index contributed by atoms with van der Waals surface area (Å²) in [4.78, 5) is 24.4. The maximum Gasteiger partial charge on any atom is 0.347 e. The van der Waals surface area contributed by atoms with E-state index in [1.54, 1.807) is 30.5 Å². The summed E-state index contributed by atoms with van der Waals surface area (Å²) >= 11 is 0. The van der Waals surface area contributed by atoms with Gasteiger partial charge in [0, 0.05) is 6.20 Å². The topological polar surface area (TPSA) is 72.9 Å². The molecule has 3 aromatic rings. The lowest BCUT2D eigenvalue weighted by molar-refractivity contribution is 0.0594. The van der Waals surface area contributed by atoms with Crippen molar-refractivity contribution in [2.45, 2.75) is 6.54 Å². The van der Waals surface area contributed by atoms with Gasteiger partial charge in [0.2, 0.25) is 0 Å². The number of hydrogen-bond acceptors (Lipinski definition) is 4. The van der Waals surface area contributed by atoms with Crippen LogP contribution < -0.4 is 5.56 Å². The third kappa shape index (κ3) is 2.46. The Morgan fingerprint density at radius 3 is 2.61 bits per heavy atom. The van der Waals surface area contributed by atoms with Crippen LogP contribution in [0.1, 0.15) is 15.9 Å². The first-order chi connectivity index (χ1) is 11.0. The quantitative estimate of drug-likeness (QED) is 0.748. The first-order valence-electron chi connectivity index (χ1n) is 6.79. The van der Waals surface area contributed by atoms with Crippen molar-refractivity contribution in [3.05, 3.63) is 69.9 Å². The highest BCUT2D eigenvalue weighted by Gasteiger charge is 2.22. The van der Waals surface area contributed by atoms with Gasteiger partial charge in [-0.3, -0.25) is 9.31 Å². The molecule has 0 aliphatic carbocycles. The maximum absolute atomic E-state index is 13.0. The zero-order valence-corrected chi connectivity index (χ0v) is 12.2. The van der Waals surface area contributed by atoms with Crippen molar-refractivity contribution in [3.63, 3.8) is 0 Å². The first-order valence-corrected chi connectivity index (χ1v) is 6.79. The summed E-state index contributed by atoms with van der Waals surface area (Å²) in [6, 6.07) is 8.87. The first kappa shape index (κ1) is 14.8. The molecule has 1 aromatic carbocycles. The van der Waals surface area contributed by atoms with Gasteiger partial charge >= 0.3 is 5.97 Å². The van der Waals surface area contributed by atoms with Crippen molar-refractivity contribution < 1.29 is 19.0 Å². The molecule has 0 bridgehead atoms. The van der Waals surface area contributed by atoms with Gasteiger partial charge in [-0.05, 0) is 29.8 Å². The molecule has 0 radical (unpaired) electrons. The molecule has 6 nitrogen and oxygen atoms in total. The van der Waals surface area contributed by atoms with E-state index in [9.17, 15) is 19.1 Å². The third-order valence-corrected chi connectivity index (χ3v) is 3.55. The molecule has 2 heterocycles. The lowest BCUT2D eigenvalue weighted by atomic mass is 10.2. The largest absolute Gasteiger partial charge is 0.505 e. The number of aromatic nitrogens is 2. The van der Waals surface area contributed by atoms with Gasteiger partial charge in [-0.25, -0.2) is 13.9 Å². The number of aromatic hydroxyl groups is 1. The molecule has 0 amide bonds. The van der Waals surface area contributed by atoms with Crippen LogP contribution in [-0.2, 0) is 11.3 Å². The van der Waals surface area contributed by atoms with Crippen LogP contribution in [0.2, 0.25) is 0 Å². The summed E-state index contributed by atoms with van der Waals surface area (Å²) in [7, 11) is 1.13. The minimum Gasteiger partial charge on any atom is -0.505 e. The number of benzene rings is 1. The Kier molecular flexibility index (Phi) is 3.61. The van der Waals surface area contributed by atoms with Gasteiger partial charge in [-0.1, -0.05) is 12.1 Å². The molecule has 0 spiro atoms. The number of methoxy groups -OCH3 is 1. The van der Waals surface area contributed by atoms with Crippen LogP contribution in [0.25, 0.3) is 5.52 Å². The number of esters is 1. The van der Waals surface area contributed by atoms with E-state index in [0.29, 0.717) is 11.1 Å². The zero-order valence-electron chi connectivity index (χ0n) is 12.2. The minimum absolute atomic E-state index is 0.106. The fraction of sp³-hybridized carbons (Fsp3) is 0.125. The lowest BCUT2D eigenvalue weighted by Gasteiger charge is -2.13. The molecule has 7 heteroatoms. The molecular formula is C16H13FN2O4. The van der Waals surface area contributed by atoms with Crippen LogP contribution in [0.15, 0.2) is 47.4 Å². The van der Waals surface area contributed by atoms with E-state index in [2.05, 4.69) is 4.74 Å². The van der Waals surface area contributed by atoms with Gasteiger partial charge < -0.3 is 9.84 Å². The van der Waals surface area contributed by atoms with Crippen molar-refractivity contribution in [2.24, 2.45) is 0 Å². The summed E-state index contributed by atoms with van der Waals surface area (Å²) in [5, 5.41) is 10.2. The van der Waals surface area contributed by atoms with E-state index >= 15 is 0 Å². The van der Waals surface area contributed by atoms with Crippen LogP contribution in [0, 0.1) is 5.82 Å². The average molecular weight is 316 g/mol. The molecule has 0 atom stereocenters. The van der Waals surface area contributed by atoms with Crippen molar-refractivity contribution in [3.8, 4) is 5.75 Å². The Balaban J connectivity index is 2.23. The monoisotopic (exact) mass is 316 g/mol. The van der Waals surface area contributed by atoms with E-state index in [0.717, 1.165) is 7.11 Å². The summed E-state index contributed by atoms with van der Waals surface area (Å²) in [5.74, 6) is -1.72. The van der Waals surface area contributed by atoms with Gasteiger partial charge in [0.1, 0.15) is 11.3 Å². The van der Waals surface area contributed by atoms with Gasteiger partial charge in [0.05, 0.1) is 13.7 Å². The van der Waals surface area contributed by atoms with Crippen LogP contribution in [0.4, 0.5) is 4.39 Å². The number of fused-ring (bicyclic) bond motifs is 1. The number of carbonyl (C=O) groups excluding carboxylic acids is 1. The van der Waals surface area contributed by atoms with Gasteiger partial charge in [0.15, 0.2) is 11.3 Å². The van der Waals surface area contributed by atoms with Crippen molar-refractivity contribution in [1.29, 1.82) is 0 Å². The Morgan fingerprint density at radius 2 is 1.96 bits per heavy atom. The van der Waals surface area contributed by atoms with Crippen LogP contribution in [0.3, 0.4) is 0 Å². The molecule has 0 aliphatic heterocycles. The number of halogens is 1. The molecule has 0 saturated carbocycles. The van der Waals surface area contributed by atoms with E-state index < -0.39 is 22.8 Å². The van der Waals surface area contributed by atoms with Crippen molar-refractivity contribution >= 4 is 11.5 Å². The van der Waals surface area contributed by atoms with Gasteiger partial charge in [-0.2, -0.15) is 0 Å². The lowest BCUT2D eigenvalue weighted by Crippen LogP contribution is -2.31. The normalized spacial score (nSPS) is 10.9. The minimum atomic E-state index is -0.913. The second-order valence-electron chi connectivity index (χ2n) is 4.94. The average Bonchev–Trinajstić information content (AvgIpc) is 3.03. The molecule has 0 unspecified atom stereocenters. The van der Waals surface area contributed by atoms with E-state index in [4.69, 9.17) is 0 Å². The summed E-state index contributed by atoms with van der Waals surface area (Å²) < 4.78 is 20.3. The Hall–Kier alpha value is -3.09. The number of nitrogens with zero attached hydrogens (tertiary/aromatic N) is 2. The summed E-state index contributed by atoms with van der Waals surface area (Å²) in [5.41, 5.74) is -0.152. The second-order valence-corrected chi connectivity index (χ2v) is 4.94. The Labute approximate surface area is 129 Å². The Bertz CT molecular complexity index is 941.